The number of aryl methyl sites for hydroxylation is 1. The van der Waals surface area contributed by atoms with Crippen molar-refractivity contribution in [2.24, 2.45) is 5.92 Å². The van der Waals surface area contributed by atoms with Gasteiger partial charge in [-0.05, 0) is 56.6 Å². The van der Waals surface area contributed by atoms with Gasteiger partial charge in [0.15, 0.2) is 6.10 Å². The molecule has 120 valence electrons. The summed E-state index contributed by atoms with van der Waals surface area (Å²) in [5.41, 5.74) is 1.30. The van der Waals surface area contributed by atoms with Crippen molar-refractivity contribution in [3.8, 4) is 0 Å². The SMILES string of the molecule is CC[C@@H]1CCc2sc(C(=O)O[C@@H](C)C(=O)NC3CC3)cc2C1. The Morgan fingerprint density at radius 1 is 1.41 bits per heavy atom. The lowest BCUT2D eigenvalue weighted by atomic mass is 9.87. The van der Waals surface area contributed by atoms with Crippen molar-refractivity contribution in [3.05, 3.63) is 21.4 Å². The van der Waals surface area contributed by atoms with Gasteiger partial charge < -0.3 is 10.1 Å². The van der Waals surface area contributed by atoms with Crippen LogP contribution in [0.15, 0.2) is 6.07 Å². The van der Waals surface area contributed by atoms with Gasteiger partial charge in [0.25, 0.3) is 5.91 Å². The topological polar surface area (TPSA) is 55.4 Å². The number of esters is 1. The first-order valence-electron chi connectivity index (χ1n) is 8.19. The van der Waals surface area contributed by atoms with Crippen LogP contribution in [0.3, 0.4) is 0 Å². The summed E-state index contributed by atoms with van der Waals surface area (Å²) in [5, 5.41) is 2.86. The van der Waals surface area contributed by atoms with Gasteiger partial charge in [-0.2, -0.15) is 0 Å². The molecular formula is C17H23NO3S. The maximum absolute atomic E-state index is 12.2. The van der Waals surface area contributed by atoms with E-state index in [-0.39, 0.29) is 17.9 Å². The van der Waals surface area contributed by atoms with Crippen molar-refractivity contribution < 1.29 is 14.3 Å². The lowest BCUT2D eigenvalue weighted by Crippen LogP contribution is -2.36. The number of fused-ring (bicyclic) bond motifs is 1. The van der Waals surface area contributed by atoms with Crippen LogP contribution in [-0.4, -0.2) is 24.0 Å². The Bertz CT molecular complexity index is 576. The van der Waals surface area contributed by atoms with Crippen LogP contribution in [0.5, 0.6) is 0 Å². The first-order chi connectivity index (χ1) is 10.6. The van der Waals surface area contributed by atoms with Gasteiger partial charge in [0.05, 0.1) is 0 Å². The number of rotatable bonds is 5. The Hall–Kier alpha value is -1.36. The van der Waals surface area contributed by atoms with Crippen LogP contribution in [0.1, 0.15) is 59.6 Å². The summed E-state index contributed by atoms with van der Waals surface area (Å²) in [6, 6.07) is 2.25. The second-order valence-electron chi connectivity index (χ2n) is 6.41. The molecule has 1 fully saturated rings. The fraction of sp³-hybridized carbons (Fsp3) is 0.647. The van der Waals surface area contributed by atoms with E-state index in [2.05, 4.69) is 12.2 Å². The Morgan fingerprint density at radius 3 is 2.86 bits per heavy atom. The highest BCUT2D eigenvalue weighted by atomic mass is 32.1. The monoisotopic (exact) mass is 321 g/mol. The molecule has 2 aliphatic rings. The van der Waals surface area contributed by atoms with Crippen LogP contribution in [-0.2, 0) is 22.4 Å². The number of hydrogen-bond donors (Lipinski definition) is 1. The number of carbonyl (C=O) groups excluding carboxylic acids is 2. The molecule has 1 heterocycles. The summed E-state index contributed by atoms with van der Waals surface area (Å²) < 4.78 is 5.32. The molecule has 1 aromatic heterocycles. The number of ether oxygens (including phenoxy) is 1. The van der Waals surface area contributed by atoms with Crippen molar-refractivity contribution in [2.75, 3.05) is 0 Å². The smallest absolute Gasteiger partial charge is 0.349 e. The van der Waals surface area contributed by atoms with Crippen molar-refractivity contribution >= 4 is 23.2 Å². The standard InChI is InChI=1S/C17H23NO3S/c1-3-11-4-7-14-12(8-11)9-15(22-14)17(20)21-10(2)16(19)18-13-5-6-13/h9-11,13H,3-8H2,1-2H3,(H,18,19)/t10-,11+/m0/s1. The molecule has 0 spiro atoms. The zero-order valence-electron chi connectivity index (χ0n) is 13.2. The number of nitrogens with one attached hydrogen (secondary N) is 1. The molecule has 5 heteroatoms. The first-order valence-corrected chi connectivity index (χ1v) is 9.01. The minimum atomic E-state index is -0.726. The predicted octanol–water partition coefficient (Wildman–Crippen LogP) is 3.09. The molecule has 3 rings (SSSR count). The van der Waals surface area contributed by atoms with Crippen molar-refractivity contribution in [1.29, 1.82) is 0 Å². The maximum atomic E-state index is 12.2. The quantitative estimate of drug-likeness (QED) is 0.848. The molecule has 1 aromatic rings. The summed E-state index contributed by atoms with van der Waals surface area (Å²) in [4.78, 5) is 26.0. The zero-order chi connectivity index (χ0) is 15.7. The highest BCUT2D eigenvalue weighted by Crippen LogP contribution is 2.33. The maximum Gasteiger partial charge on any atom is 0.349 e. The molecule has 2 aliphatic carbocycles. The summed E-state index contributed by atoms with van der Waals surface area (Å²) in [5.74, 6) is 0.170. The number of amides is 1. The third kappa shape index (κ3) is 3.51. The van der Waals surface area contributed by atoms with Gasteiger partial charge in [0.2, 0.25) is 0 Å². The second-order valence-corrected chi connectivity index (χ2v) is 7.54. The third-order valence-corrected chi connectivity index (χ3v) is 5.76. The molecular weight excluding hydrogens is 298 g/mol. The minimum Gasteiger partial charge on any atom is -0.448 e. The molecule has 1 N–H and O–H groups in total. The lowest BCUT2D eigenvalue weighted by Gasteiger charge is -2.19. The van der Waals surface area contributed by atoms with Gasteiger partial charge in [0, 0.05) is 10.9 Å². The van der Waals surface area contributed by atoms with Crippen LogP contribution < -0.4 is 5.32 Å². The molecule has 0 aliphatic heterocycles. The van der Waals surface area contributed by atoms with E-state index in [0.29, 0.717) is 4.88 Å². The van der Waals surface area contributed by atoms with Gasteiger partial charge >= 0.3 is 5.97 Å². The average Bonchev–Trinajstić information content (AvgIpc) is 3.21. The largest absolute Gasteiger partial charge is 0.448 e. The van der Waals surface area contributed by atoms with E-state index < -0.39 is 6.10 Å². The second kappa shape index (κ2) is 6.41. The Morgan fingerprint density at radius 2 is 2.18 bits per heavy atom. The molecule has 1 saturated carbocycles. The van der Waals surface area contributed by atoms with Gasteiger partial charge in [-0.25, -0.2) is 4.79 Å². The van der Waals surface area contributed by atoms with E-state index in [4.69, 9.17) is 4.74 Å². The summed E-state index contributed by atoms with van der Waals surface area (Å²) in [6.07, 6.45) is 5.85. The molecule has 4 nitrogen and oxygen atoms in total. The van der Waals surface area contributed by atoms with Gasteiger partial charge in [-0.15, -0.1) is 11.3 Å². The highest BCUT2D eigenvalue weighted by Gasteiger charge is 2.28. The molecule has 0 unspecified atom stereocenters. The van der Waals surface area contributed by atoms with E-state index in [0.717, 1.165) is 31.6 Å². The van der Waals surface area contributed by atoms with Gasteiger partial charge in [0.1, 0.15) is 4.88 Å². The fourth-order valence-corrected chi connectivity index (χ4v) is 3.96. The van der Waals surface area contributed by atoms with Crippen LogP contribution in [0.25, 0.3) is 0 Å². The van der Waals surface area contributed by atoms with E-state index in [9.17, 15) is 9.59 Å². The molecule has 0 bridgehead atoms. The molecule has 0 aromatic carbocycles. The Kier molecular flexibility index (Phi) is 4.52. The van der Waals surface area contributed by atoms with E-state index in [1.807, 2.05) is 6.07 Å². The van der Waals surface area contributed by atoms with E-state index in [1.165, 1.54) is 34.6 Å². The lowest BCUT2D eigenvalue weighted by molar-refractivity contribution is -0.129. The summed E-state index contributed by atoms with van der Waals surface area (Å²) in [7, 11) is 0. The van der Waals surface area contributed by atoms with Crippen molar-refractivity contribution in [1.82, 2.24) is 5.32 Å². The van der Waals surface area contributed by atoms with Crippen LogP contribution in [0.4, 0.5) is 0 Å². The van der Waals surface area contributed by atoms with Crippen molar-refractivity contribution in [2.45, 2.75) is 64.5 Å². The number of hydrogen-bond acceptors (Lipinski definition) is 4. The zero-order valence-corrected chi connectivity index (χ0v) is 14.0. The van der Waals surface area contributed by atoms with Crippen LogP contribution in [0.2, 0.25) is 0 Å². The molecule has 2 atom stereocenters. The minimum absolute atomic E-state index is 0.191. The average molecular weight is 321 g/mol. The van der Waals surface area contributed by atoms with Crippen molar-refractivity contribution in [3.63, 3.8) is 0 Å². The first kappa shape index (κ1) is 15.5. The number of thiophene rings is 1. The molecule has 0 saturated heterocycles. The highest BCUT2D eigenvalue weighted by molar-refractivity contribution is 7.14. The summed E-state index contributed by atoms with van der Waals surface area (Å²) >= 11 is 1.53. The van der Waals surface area contributed by atoms with Gasteiger partial charge in [-0.1, -0.05) is 13.3 Å². The number of carbonyl (C=O) groups is 2. The van der Waals surface area contributed by atoms with Crippen LogP contribution >= 0.6 is 11.3 Å². The molecule has 0 radical (unpaired) electrons. The summed E-state index contributed by atoms with van der Waals surface area (Å²) in [6.45, 7) is 3.85. The predicted molar refractivity (Wildman–Crippen MR) is 86.2 cm³/mol. The van der Waals surface area contributed by atoms with Crippen LogP contribution in [0, 0.1) is 5.92 Å². The van der Waals surface area contributed by atoms with Gasteiger partial charge in [-0.3, -0.25) is 4.79 Å². The third-order valence-electron chi connectivity index (χ3n) is 4.54. The molecule has 22 heavy (non-hydrogen) atoms. The fourth-order valence-electron chi connectivity index (χ4n) is 2.87. The molecule has 1 amide bonds. The Balaban J connectivity index is 1.60. The Labute approximate surface area is 135 Å². The normalized spacial score (nSPS) is 21.8. The van der Waals surface area contributed by atoms with E-state index >= 15 is 0 Å². The van der Waals surface area contributed by atoms with E-state index in [1.54, 1.807) is 6.92 Å².